The third-order valence-corrected chi connectivity index (χ3v) is 2.93. The van der Waals surface area contributed by atoms with Crippen molar-refractivity contribution in [1.29, 1.82) is 0 Å². The first-order chi connectivity index (χ1) is 8.69. The van der Waals surface area contributed by atoms with E-state index in [2.05, 4.69) is 6.92 Å². The summed E-state index contributed by atoms with van der Waals surface area (Å²) in [7, 11) is 1.68. The van der Waals surface area contributed by atoms with Gasteiger partial charge in [-0.2, -0.15) is 0 Å². The second-order valence-corrected chi connectivity index (χ2v) is 5.23. The van der Waals surface area contributed by atoms with Gasteiger partial charge in [0.25, 0.3) is 0 Å². The number of ether oxygens (including phenoxy) is 2. The standard InChI is InChI=1S/C15H23ClO2/c1-4-5-6-10-18-14-9-7-8-13(11-12(2)16)15(14)17-3/h7-9,12H,4-6,10-11H2,1-3H3. The highest BCUT2D eigenvalue weighted by molar-refractivity contribution is 6.20. The van der Waals surface area contributed by atoms with E-state index in [1.54, 1.807) is 7.11 Å². The van der Waals surface area contributed by atoms with Crippen LogP contribution in [-0.2, 0) is 6.42 Å². The Kier molecular flexibility index (Phi) is 6.96. The van der Waals surface area contributed by atoms with Crippen LogP contribution < -0.4 is 9.47 Å². The van der Waals surface area contributed by atoms with Gasteiger partial charge in [0.2, 0.25) is 0 Å². The maximum atomic E-state index is 6.04. The van der Waals surface area contributed by atoms with Gasteiger partial charge in [-0.25, -0.2) is 0 Å². The van der Waals surface area contributed by atoms with Crippen molar-refractivity contribution >= 4 is 11.6 Å². The molecular formula is C15H23ClO2. The van der Waals surface area contributed by atoms with Gasteiger partial charge in [0.1, 0.15) is 0 Å². The van der Waals surface area contributed by atoms with Crippen LogP contribution in [0.1, 0.15) is 38.7 Å². The first-order valence-corrected chi connectivity index (χ1v) is 7.05. The van der Waals surface area contributed by atoms with E-state index in [0.717, 1.165) is 36.5 Å². The SMILES string of the molecule is CCCCCOc1cccc(CC(C)Cl)c1OC. The lowest BCUT2D eigenvalue weighted by Crippen LogP contribution is -2.04. The number of benzene rings is 1. The van der Waals surface area contributed by atoms with Crippen molar-refractivity contribution in [1.82, 2.24) is 0 Å². The Balaban J connectivity index is 2.71. The summed E-state index contributed by atoms with van der Waals surface area (Å²) in [6, 6.07) is 5.98. The molecule has 2 nitrogen and oxygen atoms in total. The monoisotopic (exact) mass is 270 g/mol. The molecule has 102 valence electrons. The van der Waals surface area contributed by atoms with Crippen LogP contribution in [-0.4, -0.2) is 19.1 Å². The van der Waals surface area contributed by atoms with Gasteiger partial charge >= 0.3 is 0 Å². The predicted molar refractivity (Wildman–Crippen MR) is 77.0 cm³/mol. The van der Waals surface area contributed by atoms with E-state index in [-0.39, 0.29) is 5.38 Å². The van der Waals surface area contributed by atoms with Crippen molar-refractivity contribution < 1.29 is 9.47 Å². The van der Waals surface area contributed by atoms with E-state index in [0.29, 0.717) is 0 Å². The topological polar surface area (TPSA) is 18.5 Å². The molecule has 0 aliphatic heterocycles. The molecule has 18 heavy (non-hydrogen) atoms. The van der Waals surface area contributed by atoms with Crippen molar-refractivity contribution in [2.45, 2.75) is 44.9 Å². The zero-order valence-corrected chi connectivity index (χ0v) is 12.3. The van der Waals surface area contributed by atoms with Gasteiger partial charge in [0.05, 0.1) is 13.7 Å². The first kappa shape index (κ1) is 15.2. The average Bonchev–Trinajstić information content (AvgIpc) is 2.34. The van der Waals surface area contributed by atoms with Crippen LogP contribution >= 0.6 is 11.6 Å². The quantitative estimate of drug-likeness (QED) is 0.514. The van der Waals surface area contributed by atoms with E-state index < -0.39 is 0 Å². The normalized spacial score (nSPS) is 12.2. The molecule has 1 rings (SSSR count). The molecule has 0 aromatic heterocycles. The Bertz CT molecular complexity index is 350. The van der Waals surface area contributed by atoms with Crippen LogP contribution in [0.4, 0.5) is 0 Å². The van der Waals surface area contributed by atoms with Gasteiger partial charge in [0.15, 0.2) is 11.5 Å². The van der Waals surface area contributed by atoms with Crippen LogP contribution in [0.15, 0.2) is 18.2 Å². The molecule has 0 aliphatic carbocycles. The van der Waals surface area contributed by atoms with Crippen molar-refractivity contribution in [2.24, 2.45) is 0 Å². The summed E-state index contributed by atoms with van der Waals surface area (Å²) in [4.78, 5) is 0. The van der Waals surface area contributed by atoms with Crippen molar-refractivity contribution in [3.63, 3.8) is 0 Å². The van der Waals surface area contributed by atoms with E-state index in [1.165, 1.54) is 12.8 Å². The summed E-state index contributed by atoms with van der Waals surface area (Å²) < 4.78 is 11.2. The summed E-state index contributed by atoms with van der Waals surface area (Å²) in [5, 5.41) is 0.0919. The Labute approximate surface area is 115 Å². The fourth-order valence-electron chi connectivity index (χ4n) is 1.90. The molecule has 0 amide bonds. The zero-order chi connectivity index (χ0) is 13.4. The van der Waals surface area contributed by atoms with E-state index in [9.17, 15) is 0 Å². The van der Waals surface area contributed by atoms with Crippen LogP contribution in [0.5, 0.6) is 11.5 Å². The molecular weight excluding hydrogens is 248 g/mol. The van der Waals surface area contributed by atoms with Crippen molar-refractivity contribution in [3.8, 4) is 11.5 Å². The molecule has 3 heteroatoms. The summed E-state index contributed by atoms with van der Waals surface area (Å²) in [5.41, 5.74) is 1.10. The Morgan fingerprint density at radius 1 is 1.28 bits per heavy atom. The second kappa shape index (κ2) is 8.25. The molecule has 1 atom stereocenters. The zero-order valence-electron chi connectivity index (χ0n) is 11.5. The number of hydrogen-bond acceptors (Lipinski definition) is 2. The molecule has 0 spiro atoms. The lowest BCUT2D eigenvalue weighted by molar-refractivity contribution is 0.285. The minimum absolute atomic E-state index is 0.0919. The maximum absolute atomic E-state index is 6.04. The summed E-state index contributed by atoms with van der Waals surface area (Å²) >= 11 is 6.04. The van der Waals surface area contributed by atoms with Crippen LogP contribution in [0.2, 0.25) is 0 Å². The average molecular weight is 271 g/mol. The molecule has 0 saturated carbocycles. The number of halogens is 1. The van der Waals surface area contributed by atoms with E-state index in [4.69, 9.17) is 21.1 Å². The van der Waals surface area contributed by atoms with Gasteiger partial charge in [-0.1, -0.05) is 31.9 Å². The molecule has 0 bridgehead atoms. The summed E-state index contributed by atoms with van der Waals surface area (Å²) in [6.45, 7) is 4.91. The van der Waals surface area contributed by atoms with Crippen molar-refractivity contribution in [2.75, 3.05) is 13.7 Å². The highest BCUT2D eigenvalue weighted by Crippen LogP contribution is 2.32. The number of unbranched alkanes of at least 4 members (excludes halogenated alkanes) is 2. The molecule has 0 saturated heterocycles. The number of alkyl halides is 1. The molecule has 1 unspecified atom stereocenters. The fraction of sp³-hybridized carbons (Fsp3) is 0.600. The lowest BCUT2D eigenvalue weighted by atomic mass is 10.1. The fourth-order valence-corrected chi connectivity index (χ4v) is 2.07. The van der Waals surface area contributed by atoms with Gasteiger partial charge < -0.3 is 9.47 Å². The molecule has 0 fully saturated rings. The predicted octanol–water partition coefficient (Wildman–Crippen LogP) is 4.43. The molecule has 0 heterocycles. The number of hydrogen-bond donors (Lipinski definition) is 0. The molecule has 0 N–H and O–H groups in total. The third kappa shape index (κ3) is 4.77. The lowest BCUT2D eigenvalue weighted by Gasteiger charge is -2.15. The highest BCUT2D eigenvalue weighted by atomic mass is 35.5. The van der Waals surface area contributed by atoms with Crippen LogP contribution in [0.25, 0.3) is 0 Å². The number of para-hydroxylation sites is 1. The maximum Gasteiger partial charge on any atom is 0.163 e. The molecule has 1 aromatic carbocycles. The minimum Gasteiger partial charge on any atom is -0.493 e. The van der Waals surface area contributed by atoms with E-state index >= 15 is 0 Å². The molecule has 0 aliphatic rings. The van der Waals surface area contributed by atoms with Crippen molar-refractivity contribution in [3.05, 3.63) is 23.8 Å². The van der Waals surface area contributed by atoms with Crippen LogP contribution in [0.3, 0.4) is 0 Å². The van der Waals surface area contributed by atoms with E-state index in [1.807, 2.05) is 25.1 Å². The molecule has 1 aromatic rings. The Morgan fingerprint density at radius 2 is 2.06 bits per heavy atom. The largest absolute Gasteiger partial charge is 0.493 e. The minimum atomic E-state index is 0.0919. The smallest absolute Gasteiger partial charge is 0.163 e. The highest BCUT2D eigenvalue weighted by Gasteiger charge is 2.11. The van der Waals surface area contributed by atoms with Gasteiger partial charge in [0, 0.05) is 5.38 Å². The number of methoxy groups -OCH3 is 1. The summed E-state index contributed by atoms with van der Waals surface area (Å²) in [5.74, 6) is 1.64. The molecule has 0 radical (unpaired) electrons. The van der Waals surface area contributed by atoms with Crippen LogP contribution in [0, 0.1) is 0 Å². The van der Waals surface area contributed by atoms with Gasteiger partial charge in [-0.05, 0) is 31.4 Å². The first-order valence-electron chi connectivity index (χ1n) is 6.61. The third-order valence-electron chi connectivity index (χ3n) is 2.77. The van der Waals surface area contributed by atoms with Gasteiger partial charge in [-0.3, -0.25) is 0 Å². The number of rotatable bonds is 8. The Hall–Kier alpha value is -0.890. The Morgan fingerprint density at radius 3 is 2.67 bits per heavy atom. The second-order valence-electron chi connectivity index (χ2n) is 4.49. The summed E-state index contributed by atoms with van der Waals surface area (Å²) in [6.07, 6.45) is 4.26. The van der Waals surface area contributed by atoms with Gasteiger partial charge in [-0.15, -0.1) is 11.6 Å².